The van der Waals surface area contributed by atoms with Gasteiger partial charge in [-0.15, -0.1) is 0 Å². The molecule has 1 aromatic carbocycles. The van der Waals surface area contributed by atoms with E-state index in [4.69, 9.17) is 14.4 Å². The van der Waals surface area contributed by atoms with Crippen molar-refractivity contribution >= 4 is 17.8 Å². The summed E-state index contributed by atoms with van der Waals surface area (Å²) in [6, 6.07) is 6.00. The number of carboxylic acid groups (broad SMARTS) is 1. The smallest absolute Gasteiger partial charge is 0.478 e. The Hall–Kier alpha value is -3.47. The molecule has 1 amide bonds. The van der Waals surface area contributed by atoms with E-state index >= 15 is 0 Å². The lowest BCUT2D eigenvalue weighted by atomic mass is 9.91. The molecule has 0 bridgehead atoms. The molecule has 11 heteroatoms. The Morgan fingerprint density at radius 1 is 1.20 bits per heavy atom. The van der Waals surface area contributed by atoms with Gasteiger partial charge in [-0.25, -0.2) is 19.9 Å². The van der Waals surface area contributed by atoms with E-state index in [1.807, 2.05) is 0 Å². The van der Waals surface area contributed by atoms with E-state index in [1.54, 1.807) is 12.1 Å². The summed E-state index contributed by atoms with van der Waals surface area (Å²) >= 11 is 0. The SMILES string of the molecule is Cc1oc(=O)oc1CONC(=O)CCC(CC(=O)OF)Cc1ccc(C(=O)O)cc1. The van der Waals surface area contributed by atoms with Crippen molar-refractivity contribution in [1.29, 1.82) is 0 Å². The number of hydrogen-bond donors (Lipinski definition) is 2. The standard InChI is InChI=1S/C19H20FNO9/c1-11-15(29-19(26)28-11)10-27-21-16(22)7-4-13(9-17(23)30-20)8-12-2-5-14(6-3-12)18(24)25/h2-3,5-6,13H,4,7-10H2,1H3,(H,21,22)(H,24,25). The van der Waals surface area contributed by atoms with Crippen molar-refractivity contribution in [2.75, 3.05) is 0 Å². The third kappa shape index (κ3) is 7.17. The number of carboxylic acids is 1. The molecular weight excluding hydrogens is 405 g/mol. The van der Waals surface area contributed by atoms with Crippen LogP contribution >= 0.6 is 0 Å². The van der Waals surface area contributed by atoms with Gasteiger partial charge >= 0.3 is 17.8 Å². The summed E-state index contributed by atoms with van der Waals surface area (Å²) in [5.74, 6) is -3.58. The molecule has 0 aliphatic rings. The number of halogens is 1. The highest BCUT2D eigenvalue weighted by Crippen LogP contribution is 2.19. The second-order valence-corrected chi connectivity index (χ2v) is 6.51. The first-order chi connectivity index (χ1) is 14.3. The van der Waals surface area contributed by atoms with Crippen LogP contribution in [-0.4, -0.2) is 23.0 Å². The average Bonchev–Trinajstić information content (AvgIpc) is 3.03. The molecule has 0 aliphatic carbocycles. The van der Waals surface area contributed by atoms with Gasteiger partial charge in [-0.3, -0.25) is 14.6 Å². The predicted octanol–water partition coefficient (Wildman–Crippen LogP) is 2.24. The molecule has 1 atom stereocenters. The lowest BCUT2D eigenvalue weighted by Gasteiger charge is -2.15. The molecule has 2 aromatic rings. The van der Waals surface area contributed by atoms with Crippen molar-refractivity contribution in [1.82, 2.24) is 5.48 Å². The Balaban J connectivity index is 1.86. The normalized spacial score (nSPS) is 11.7. The van der Waals surface area contributed by atoms with Gasteiger partial charge in [0.15, 0.2) is 5.76 Å². The molecule has 1 unspecified atom stereocenters. The summed E-state index contributed by atoms with van der Waals surface area (Å²) in [7, 11) is 0. The van der Waals surface area contributed by atoms with Crippen LogP contribution in [0.5, 0.6) is 0 Å². The summed E-state index contributed by atoms with van der Waals surface area (Å²) < 4.78 is 21.5. The second-order valence-electron chi connectivity index (χ2n) is 6.51. The minimum Gasteiger partial charge on any atom is -0.478 e. The summed E-state index contributed by atoms with van der Waals surface area (Å²) in [6.45, 7) is 1.29. The fraction of sp³-hybridized carbons (Fsp3) is 0.368. The number of carbonyl (C=O) groups excluding carboxylic acids is 2. The van der Waals surface area contributed by atoms with Crippen molar-refractivity contribution in [3.8, 4) is 0 Å². The van der Waals surface area contributed by atoms with Crippen molar-refractivity contribution in [3.05, 3.63) is 57.5 Å². The monoisotopic (exact) mass is 425 g/mol. The minimum absolute atomic E-state index is 0.0360. The van der Waals surface area contributed by atoms with Crippen LogP contribution in [0, 0.1) is 12.8 Å². The zero-order valence-corrected chi connectivity index (χ0v) is 16.0. The van der Waals surface area contributed by atoms with Crippen molar-refractivity contribution in [2.45, 2.75) is 39.2 Å². The lowest BCUT2D eigenvalue weighted by Crippen LogP contribution is -2.24. The molecule has 30 heavy (non-hydrogen) atoms. The largest absolute Gasteiger partial charge is 0.519 e. The first-order valence-electron chi connectivity index (χ1n) is 8.92. The predicted molar refractivity (Wildman–Crippen MR) is 96.6 cm³/mol. The summed E-state index contributed by atoms with van der Waals surface area (Å²) in [5, 5.41) is 8.93. The molecule has 0 aliphatic heterocycles. The van der Waals surface area contributed by atoms with Crippen LogP contribution in [0.15, 0.2) is 37.9 Å². The van der Waals surface area contributed by atoms with E-state index in [2.05, 4.69) is 14.8 Å². The maximum Gasteiger partial charge on any atom is 0.519 e. The summed E-state index contributed by atoms with van der Waals surface area (Å²) in [5.41, 5.74) is 3.01. The molecule has 2 rings (SSSR count). The van der Waals surface area contributed by atoms with Crippen molar-refractivity contribution in [2.24, 2.45) is 5.92 Å². The zero-order chi connectivity index (χ0) is 22.1. The Kier molecular flexibility index (Phi) is 8.29. The first-order valence-corrected chi connectivity index (χ1v) is 8.92. The van der Waals surface area contributed by atoms with Crippen LogP contribution in [0.25, 0.3) is 0 Å². The number of nitrogens with one attached hydrogen (secondary N) is 1. The van der Waals surface area contributed by atoms with Gasteiger partial charge in [0.25, 0.3) is 0 Å². The van der Waals surface area contributed by atoms with Crippen molar-refractivity contribution in [3.63, 3.8) is 0 Å². The van der Waals surface area contributed by atoms with Gasteiger partial charge < -0.3 is 13.9 Å². The van der Waals surface area contributed by atoms with E-state index in [0.717, 1.165) is 5.56 Å². The third-order valence-electron chi connectivity index (χ3n) is 4.27. The van der Waals surface area contributed by atoms with E-state index in [9.17, 15) is 23.7 Å². The molecule has 0 radical (unpaired) electrons. The molecule has 0 fully saturated rings. The molecule has 0 saturated carbocycles. The van der Waals surface area contributed by atoms with Crippen LogP contribution in [0.1, 0.15) is 46.7 Å². The number of rotatable bonds is 11. The Morgan fingerprint density at radius 2 is 1.90 bits per heavy atom. The number of aryl methyl sites for hydroxylation is 1. The highest BCUT2D eigenvalue weighted by Gasteiger charge is 2.19. The van der Waals surface area contributed by atoms with Gasteiger partial charge in [-0.1, -0.05) is 12.1 Å². The van der Waals surface area contributed by atoms with Crippen LogP contribution in [0.3, 0.4) is 0 Å². The molecule has 1 aromatic heterocycles. The Labute approximate surface area is 169 Å². The maximum atomic E-state index is 12.1. The quantitative estimate of drug-likeness (QED) is 0.518. The van der Waals surface area contributed by atoms with Crippen LogP contribution in [-0.2, 0) is 32.4 Å². The molecule has 162 valence electrons. The molecule has 10 nitrogen and oxygen atoms in total. The highest BCUT2D eigenvalue weighted by atomic mass is 19.3. The van der Waals surface area contributed by atoms with Gasteiger partial charge in [-0.05, 0) is 43.4 Å². The molecule has 1 heterocycles. The first kappa shape index (κ1) is 22.8. The number of carbonyl (C=O) groups is 3. The summed E-state index contributed by atoms with van der Waals surface area (Å²) in [4.78, 5) is 53.3. The fourth-order valence-electron chi connectivity index (χ4n) is 2.73. The third-order valence-corrected chi connectivity index (χ3v) is 4.27. The molecular formula is C19H20FNO9. The van der Waals surface area contributed by atoms with Crippen LogP contribution < -0.4 is 11.3 Å². The number of amides is 1. The van der Waals surface area contributed by atoms with Crippen LogP contribution in [0.4, 0.5) is 4.53 Å². The minimum atomic E-state index is -1.07. The lowest BCUT2D eigenvalue weighted by molar-refractivity contribution is -0.184. The number of aromatic carboxylic acids is 1. The van der Waals surface area contributed by atoms with E-state index < -0.39 is 29.6 Å². The topological polar surface area (TPSA) is 145 Å². The van der Waals surface area contributed by atoms with Gasteiger partial charge in [0.1, 0.15) is 12.4 Å². The fourth-order valence-corrected chi connectivity index (χ4v) is 2.73. The molecule has 0 spiro atoms. The molecule has 0 saturated heterocycles. The number of hydrogen-bond acceptors (Lipinski definition) is 8. The zero-order valence-electron chi connectivity index (χ0n) is 16.0. The van der Waals surface area contributed by atoms with Gasteiger partial charge in [0.2, 0.25) is 5.91 Å². The second kappa shape index (κ2) is 10.9. The van der Waals surface area contributed by atoms with E-state index in [-0.39, 0.29) is 43.0 Å². The van der Waals surface area contributed by atoms with Crippen molar-refractivity contribution < 1.29 is 42.6 Å². The average molecular weight is 425 g/mol. The summed E-state index contributed by atoms with van der Waals surface area (Å²) in [6.07, 6.45) is 0.226. The van der Waals surface area contributed by atoms with Crippen LogP contribution in [0.2, 0.25) is 0 Å². The van der Waals surface area contributed by atoms with E-state index in [1.165, 1.54) is 19.1 Å². The van der Waals surface area contributed by atoms with Gasteiger partial charge in [0, 0.05) is 10.9 Å². The number of benzene rings is 1. The molecule has 2 N–H and O–H groups in total. The Morgan fingerprint density at radius 3 is 2.47 bits per heavy atom. The van der Waals surface area contributed by atoms with Gasteiger partial charge in [-0.2, -0.15) is 0 Å². The van der Waals surface area contributed by atoms with E-state index in [0.29, 0.717) is 6.42 Å². The maximum absolute atomic E-state index is 12.1. The Bertz CT molecular complexity index is 932. The number of hydroxylamine groups is 1. The van der Waals surface area contributed by atoms with Gasteiger partial charge in [0.05, 0.1) is 12.0 Å². The highest BCUT2D eigenvalue weighted by molar-refractivity contribution is 5.87.